The molecule has 0 bridgehead atoms. The van der Waals surface area contributed by atoms with Crippen LogP contribution < -0.4 is 0 Å². The van der Waals surface area contributed by atoms with E-state index in [0.29, 0.717) is 10.7 Å². The van der Waals surface area contributed by atoms with E-state index in [9.17, 15) is 23.5 Å². The minimum absolute atomic E-state index is 0.0333. The van der Waals surface area contributed by atoms with Crippen LogP contribution in [0.4, 0.5) is 8.78 Å². The molecule has 1 amide bonds. The Hall–Kier alpha value is -3.14. The summed E-state index contributed by atoms with van der Waals surface area (Å²) in [5, 5.41) is 11.6. The summed E-state index contributed by atoms with van der Waals surface area (Å²) in [5.41, 5.74) is 0.753. The van der Waals surface area contributed by atoms with Gasteiger partial charge < -0.3 is 14.4 Å². The van der Waals surface area contributed by atoms with Crippen LogP contribution in [0.15, 0.2) is 40.5 Å². The molecule has 0 unspecified atom stereocenters. The number of aromatic carboxylic acids is 1. The number of carboxylic acid groups (broad SMARTS) is 1. The van der Waals surface area contributed by atoms with Crippen LogP contribution in [-0.4, -0.2) is 44.3 Å². The van der Waals surface area contributed by atoms with Crippen LogP contribution >= 0.6 is 11.3 Å². The number of benzene rings is 1. The highest BCUT2D eigenvalue weighted by Gasteiger charge is 2.48. The second-order valence-corrected chi connectivity index (χ2v) is 7.67. The average molecular weight is 419 g/mol. The zero-order chi connectivity index (χ0) is 20.8. The van der Waals surface area contributed by atoms with Gasteiger partial charge in [0.1, 0.15) is 11.3 Å². The Bertz CT molecular complexity index is 1080. The van der Waals surface area contributed by atoms with Crippen molar-refractivity contribution in [1.82, 2.24) is 14.9 Å². The maximum Gasteiger partial charge on any atom is 0.335 e. The van der Waals surface area contributed by atoms with E-state index in [1.54, 1.807) is 12.3 Å². The zero-order valence-electron chi connectivity index (χ0n) is 15.1. The Kier molecular flexibility index (Phi) is 4.65. The molecule has 7 nitrogen and oxygen atoms in total. The van der Waals surface area contributed by atoms with Gasteiger partial charge in [-0.25, -0.2) is 23.5 Å². The molecule has 3 heterocycles. The third-order valence-electron chi connectivity index (χ3n) is 4.56. The Morgan fingerprint density at radius 2 is 2.07 bits per heavy atom. The second kappa shape index (κ2) is 7.03. The van der Waals surface area contributed by atoms with Gasteiger partial charge in [-0.05, 0) is 25.1 Å². The molecule has 4 rings (SSSR count). The lowest BCUT2D eigenvalue weighted by Gasteiger charge is -2.23. The second-order valence-electron chi connectivity index (χ2n) is 6.78. The highest BCUT2D eigenvalue weighted by molar-refractivity contribution is 7.09. The molecular weight excluding hydrogens is 404 g/mol. The van der Waals surface area contributed by atoms with E-state index in [1.165, 1.54) is 35.9 Å². The smallest absolute Gasteiger partial charge is 0.335 e. The highest BCUT2D eigenvalue weighted by Crippen LogP contribution is 2.42. The van der Waals surface area contributed by atoms with Crippen molar-refractivity contribution in [3.63, 3.8) is 0 Å². The van der Waals surface area contributed by atoms with E-state index in [4.69, 9.17) is 4.42 Å². The Balaban J connectivity index is 1.75. The summed E-state index contributed by atoms with van der Waals surface area (Å²) < 4.78 is 33.6. The highest BCUT2D eigenvalue weighted by atomic mass is 32.1. The number of rotatable bonds is 4. The molecule has 2 aromatic heterocycles. The molecule has 10 heteroatoms. The standard InChI is InChI=1S/C19H15F2N3O4S/c1-10-8-29-16(23-10)14-7-19(20,21)9-24(14)17(25)12-4-11(15-22-2-3-28-15)5-13(6-12)18(26)27/h2-6,8,14H,7,9H2,1H3,(H,26,27)/t14-/m1/s1. The van der Waals surface area contributed by atoms with E-state index in [2.05, 4.69) is 9.97 Å². The Morgan fingerprint density at radius 3 is 2.69 bits per heavy atom. The molecule has 0 aliphatic carbocycles. The van der Waals surface area contributed by atoms with Crippen molar-refractivity contribution in [3.8, 4) is 11.5 Å². The van der Waals surface area contributed by atoms with Crippen molar-refractivity contribution >= 4 is 23.2 Å². The summed E-state index contributed by atoms with van der Waals surface area (Å²) >= 11 is 1.22. The first-order valence-corrected chi connectivity index (χ1v) is 9.50. The molecule has 1 aliphatic rings. The van der Waals surface area contributed by atoms with Gasteiger partial charge in [0.2, 0.25) is 5.89 Å². The number of alkyl halides is 2. The number of hydrogen-bond acceptors (Lipinski definition) is 6. The topological polar surface area (TPSA) is 96.5 Å². The van der Waals surface area contributed by atoms with Gasteiger partial charge in [-0.3, -0.25) is 4.79 Å². The third kappa shape index (κ3) is 3.75. The number of aryl methyl sites for hydroxylation is 1. The summed E-state index contributed by atoms with van der Waals surface area (Å²) in [6, 6.07) is 2.99. The van der Waals surface area contributed by atoms with E-state index in [1.807, 2.05) is 0 Å². The lowest BCUT2D eigenvalue weighted by Crippen LogP contribution is -2.33. The fourth-order valence-electron chi connectivity index (χ4n) is 3.31. The van der Waals surface area contributed by atoms with E-state index >= 15 is 0 Å². The van der Waals surface area contributed by atoms with Crippen LogP contribution in [0.5, 0.6) is 0 Å². The van der Waals surface area contributed by atoms with Crippen LogP contribution in [-0.2, 0) is 0 Å². The molecular formula is C19H15F2N3O4S. The number of nitrogens with zero attached hydrogens (tertiary/aromatic N) is 3. The third-order valence-corrected chi connectivity index (χ3v) is 5.62. The number of carbonyl (C=O) groups is 2. The fraction of sp³-hybridized carbons (Fsp3) is 0.263. The first kappa shape index (κ1) is 19.2. The Morgan fingerprint density at radius 1 is 1.31 bits per heavy atom. The first-order valence-electron chi connectivity index (χ1n) is 8.62. The van der Waals surface area contributed by atoms with Crippen molar-refractivity contribution in [2.24, 2.45) is 0 Å². The van der Waals surface area contributed by atoms with Gasteiger partial charge in [0, 0.05) is 28.6 Å². The van der Waals surface area contributed by atoms with Gasteiger partial charge in [0.05, 0.1) is 24.3 Å². The summed E-state index contributed by atoms with van der Waals surface area (Å²) in [5.74, 6) is -4.89. The van der Waals surface area contributed by atoms with Gasteiger partial charge in [-0.1, -0.05) is 0 Å². The number of oxazole rings is 1. The lowest BCUT2D eigenvalue weighted by atomic mass is 10.0. The lowest BCUT2D eigenvalue weighted by molar-refractivity contribution is 0.0117. The van der Waals surface area contributed by atoms with E-state index in [-0.39, 0.29) is 22.6 Å². The van der Waals surface area contributed by atoms with Crippen LogP contribution in [0.25, 0.3) is 11.5 Å². The number of halogens is 2. The molecule has 0 spiro atoms. The number of hydrogen-bond donors (Lipinski definition) is 1. The molecule has 29 heavy (non-hydrogen) atoms. The zero-order valence-corrected chi connectivity index (χ0v) is 15.9. The maximum atomic E-state index is 14.2. The van der Waals surface area contributed by atoms with Crippen LogP contribution in [0.2, 0.25) is 0 Å². The Labute approximate surface area is 167 Å². The van der Waals surface area contributed by atoms with Gasteiger partial charge in [-0.2, -0.15) is 0 Å². The first-order chi connectivity index (χ1) is 13.7. The van der Waals surface area contributed by atoms with Gasteiger partial charge in [0.25, 0.3) is 11.8 Å². The number of amides is 1. The number of thiazole rings is 1. The molecule has 3 aromatic rings. The van der Waals surface area contributed by atoms with Crippen molar-refractivity contribution in [2.75, 3.05) is 6.54 Å². The summed E-state index contributed by atoms with van der Waals surface area (Å²) in [4.78, 5) is 33.9. The predicted octanol–water partition coefficient (Wildman–Crippen LogP) is 4.03. The van der Waals surface area contributed by atoms with E-state index in [0.717, 1.165) is 11.0 Å². The van der Waals surface area contributed by atoms with Crippen LogP contribution in [0.3, 0.4) is 0 Å². The quantitative estimate of drug-likeness (QED) is 0.686. The number of carbonyl (C=O) groups excluding carboxylic acids is 1. The molecule has 1 aromatic carbocycles. The van der Waals surface area contributed by atoms with Gasteiger partial charge >= 0.3 is 5.97 Å². The molecule has 1 atom stereocenters. The molecule has 0 saturated carbocycles. The predicted molar refractivity (Wildman–Crippen MR) is 99.1 cm³/mol. The molecule has 1 fully saturated rings. The summed E-state index contributed by atoms with van der Waals surface area (Å²) in [6.07, 6.45) is 2.16. The van der Waals surface area contributed by atoms with Crippen LogP contribution in [0, 0.1) is 6.92 Å². The van der Waals surface area contributed by atoms with Crippen molar-refractivity contribution in [2.45, 2.75) is 25.3 Å². The minimum Gasteiger partial charge on any atom is -0.478 e. The fourth-order valence-corrected chi connectivity index (χ4v) is 4.21. The largest absolute Gasteiger partial charge is 0.478 e. The summed E-state index contributed by atoms with van der Waals surface area (Å²) in [7, 11) is 0. The van der Waals surface area contributed by atoms with Crippen molar-refractivity contribution in [3.05, 3.63) is 57.9 Å². The van der Waals surface area contributed by atoms with Crippen molar-refractivity contribution < 1.29 is 27.9 Å². The number of carboxylic acids is 1. The normalized spacial score (nSPS) is 18.2. The van der Waals surface area contributed by atoms with Gasteiger partial charge in [-0.15, -0.1) is 11.3 Å². The number of aromatic nitrogens is 2. The molecule has 1 aliphatic heterocycles. The summed E-state index contributed by atoms with van der Waals surface area (Å²) in [6.45, 7) is 0.985. The van der Waals surface area contributed by atoms with Gasteiger partial charge in [0.15, 0.2) is 0 Å². The van der Waals surface area contributed by atoms with E-state index < -0.39 is 36.8 Å². The molecule has 150 valence electrons. The average Bonchev–Trinajstić information content (AvgIpc) is 3.40. The molecule has 1 saturated heterocycles. The SMILES string of the molecule is Cc1csc([C@H]2CC(F)(F)CN2C(=O)c2cc(C(=O)O)cc(-c3ncco3)c2)n1. The molecule has 0 radical (unpaired) electrons. The van der Waals surface area contributed by atoms with Crippen molar-refractivity contribution in [1.29, 1.82) is 0 Å². The number of likely N-dealkylation sites (tertiary alicyclic amines) is 1. The monoisotopic (exact) mass is 419 g/mol. The minimum atomic E-state index is -3.06. The molecule has 1 N–H and O–H groups in total. The van der Waals surface area contributed by atoms with Crippen LogP contribution in [0.1, 0.15) is 43.9 Å². The maximum absolute atomic E-state index is 14.2.